The van der Waals surface area contributed by atoms with Gasteiger partial charge in [-0.1, -0.05) is 23.8 Å². The molecule has 1 aromatic carbocycles. The maximum absolute atomic E-state index is 12.5. The highest BCUT2D eigenvalue weighted by Gasteiger charge is 2.24. The Balaban J connectivity index is 2.19. The molecule has 0 heterocycles. The summed E-state index contributed by atoms with van der Waals surface area (Å²) in [5, 5.41) is 0. The van der Waals surface area contributed by atoms with Crippen molar-refractivity contribution in [2.24, 2.45) is 0 Å². The molecule has 0 saturated heterocycles. The summed E-state index contributed by atoms with van der Waals surface area (Å²) in [5.41, 5.74) is 1.42. The van der Waals surface area contributed by atoms with E-state index in [-0.39, 0.29) is 6.61 Å². The summed E-state index contributed by atoms with van der Waals surface area (Å²) in [5.74, 6) is 0. The second-order valence-corrected chi connectivity index (χ2v) is 6.63. The third-order valence-corrected chi connectivity index (χ3v) is 5.11. The van der Waals surface area contributed by atoms with Gasteiger partial charge in [-0.2, -0.15) is 0 Å². The summed E-state index contributed by atoms with van der Waals surface area (Å²) in [6, 6.07) is 8.84. The minimum atomic E-state index is -3.54. The fourth-order valence-electron chi connectivity index (χ4n) is 2.48. The van der Waals surface area contributed by atoms with E-state index in [1.54, 1.807) is 24.3 Å². The summed E-state index contributed by atoms with van der Waals surface area (Å²) in [4.78, 5) is 10.6. The molecule has 114 valence electrons. The van der Waals surface area contributed by atoms with Gasteiger partial charge in [-0.25, -0.2) is 8.42 Å². The Morgan fingerprint density at radius 3 is 2.57 bits per heavy atom. The molecule has 0 fully saturated rings. The van der Waals surface area contributed by atoms with Crippen molar-refractivity contribution in [3.05, 3.63) is 40.8 Å². The van der Waals surface area contributed by atoms with Crippen molar-refractivity contribution >= 4 is 22.2 Å². The zero-order chi connectivity index (χ0) is 15.1. The van der Waals surface area contributed by atoms with Gasteiger partial charge in [-0.15, -0.1) is 0 Å². The van der Waals surface area contributed by atoms with Crippen molar-refractivity contribution in [3.8, 4) is 0 Å². The van der Waals surface area contributed by atoms with Gasteiger partial charge in [0, 0.05) is 12.1 Å². The predicted molar refractivity (Wildman–Crippen MR) is 81.1 cm³/mol. The largest absolute Gasteiger partial charge is 0.468 e. The molecule has 1 N–H and O–H groups in total. The molecule has 0 amide bonds. The fraction of sp³-hybridized carbons (Fsp3) is 0.400. The van der Waals surface area contributed by atoms with E-state index in [0.717, 1.165) is 24.8 Å². The molecule has 2 rings (SSSR count). The van der Waals surface area contributed by atoms with Crippen molar-refractivity contribution < 1.29 is 17.9 Å². The number of benzene rings is 1. The lowest BCUT2D eigenvalue weighted by atomic mass is 9.97. The first kappa shape index (κ1) is 15.6. The number of nitrogens with one attached hydrogen (secondary N) is 1. The molecule has 0 unspecified atom stereocenters. The standard InChI is InChI=1S/C15H19NO4S/c17-12-20-11-10-13-6-4-5-9-15(13)21(18,19)16-14-7-2-1-3-8-14/h1-3,7-8,12,16H,4-6,9-11H2. The van der Waals surface area contributed by atoms with Gasteiger partial charge in [0.15, 0.2) is 0 Å². The van der Waals surface area contributed by atoms with Crippen LogP contribution in [0.15, 0.2) is 40.8 Å². The van der Waals surface area contributed by atoms with E-state index in [0.29, 0.717) is 29.9 Å². The zero-order valence-corrected chi connectivity index (χ0v) is 12.6. The van der Waals surface area contributed by atoms with Crippen LogP contribution >= 0.6 is 0 Å². The van der Waals surface area contributed by atoms with E-state index in [2.05, 4.69) is 9.46 Å². The monoisotopic (exact) mass is 309 g/mol. The highest BCUT2D eigenvalue weighted by Crippen LogP contribution is 2.31. The Hall–Kier alpha value is -1.82. The second-order valence-electron chi connectivity index (χ2n) is 4.92. The number of carbonyl (C=O) groups excluding carboxylic acids is 1. The molecule has 0 bridgehead atoms. The SMILES string of the molecule is O=COCCC1=C(S(=O)(=O)Nc2ccccc2)CCCC1. The van der Waals surface area contributed by atoms with Gasteiger partial charge in [0.1, 0.15) is 0 Å². The van der Waals surface area contributed by atoms with Gasteiger partial charge in [0.05, 0.1) is 11.5 Å². The summed E-state index contributed by atoms with van der Waals surface area (Å²) in [7, 11) is -3.54. The third-order valence-electron chi connectivity index (χ3n) is 3.47. The van der Waals surface area contributed by atoms with E-state index < -0.39 is 10.0 Å². The van der Waals surface area contributed by atoms with Gasteiger partial charge in [-0.3, -0.25) is 9.52 Å². The number of hydrogen-bond donors (Lipinski definition) is 1. The van der Waals surface area contributed by atoms with Crippen LogP contribution in [0.2, 0.25) is 0 Å². The lowest BCUT2D eigenvalue weighted by Gasteiger charge is -2.21. The van der Waals surface area contributed by atoms with Crippen LogP contribution in [0.4, 0.5) is 5.69 Å². The number of sulfonamides is 1. The first-order valence-corrected chi connectivity index (χ1v) is 8.46. The minimum Gasteiger partial charge on any atom is -0.468 e. The number of allylic oxidation sites excluding steroid dienone is 1. The van der Waals surface area contributed by atoms with Crippen LogP contribution < -0.4 is 4.72 Å². The van der Waals surface area contributed by atoms with Gasteiger partial charge < -0.3 is 4.74 Å². The molecule has 0 saturated carbocycles. The molecule has 21 heavy (non-hydrogen) atoms. The van der Waals surface area contributed by atoms with Crippen LogP contribution in [0.25, 0.3) is 0 Å². The molecule has 0 aromatic heterocycles. The Morgan fingerprint density at radius 1 is 1.14 bits per heavy atom. The van der Waals surface area contributed by atoms with Crippen LogP contribution in [0.5, 0.6) is 0 Å². The van der Waals surface area contributed by atoms with Crippen LogP contribution in [0, 0.1) is 0 Å². The molecule has 1 aromatic rings. The average molecular weight is 309 g/mol. The van der Waals surface area contributed by atoms with Gasteiger partial charge >= 0.3 is 0 Å². The van der Waals surface area contributed by atoms with E-state index in [4.69, 9.17) is 0 Å². The number of ether oxygens (including phenoxy) is 1. The summed E-state index contributed by atoms with van der Waals surface area (Å²) >= 11 is 0. The molecule has 1 aliphatic carbocycles. The van der Waals surface area contributed by atoms with Crippen molar-refractivity contribution in [2.45, 2.75) is 32.1 Å². The van der Waals surface area contributed by atoms with Crippen LogP contribution in [-0.2, 0) is 19.6 Å². The van der Waals surface area contributed by atoms with Crippen LogP contribution in [0.3, 0.4) is 0 Å². The highest BCUT2D eigenvalue weighted by atomic mass is 32.2. The Bertz CT molecular complexity index is 608. The smallest absolute Gasteiger partial charge is 0.293 e. The quantitative estimate of drug-likeness (QED) is 0.621. The fourth-order valence-corrected chi connectivity index (χ4v) is 4.05. The molecular weight excluding hydrogens is 290 g/mol. The number of para-hydroxylation sites is 1. The first-order valence-electron chi connectivity index (χ1n) is 6.97. The lowest BCUT2D eigenvalue weighted by Crippen LogP contribution is -2.19. The average Bonchev–Trinajstić information content (AvgIpc) is 2.48. The molecule has 6 heteroatoms. The molecule has 0 aliphatic heterocycles. The zero-order valence-electron chi connectivity index (χ0n) is 11.7. The van der Waals surface area contributed by atoms with E-state index >= 15 is 0 Å². The van der Waals surface area contributed by atoms with E-state index in [1.165, 1.54) is 0 Å². The van der Waals surface area contributed by atoms with E-state index in [9.17, 15) is 13.2 Å². The normalized spacial score (nSPS) is 15.6. The second kappa shape index (κ2) is 7.26. The third kappa shape index (κ3) is 4.32. The molecule has 0 spiro atoms. The molecule has 0 atom stereocenters. The summed E-state index contributed by atoms with van der Waals surface area (Å²) in [6.45, 7) is 0.614. The number of rotatable bonds is 7. The summed E-state index contributed by atoms with van der Waals surface area (Å²) in [6.07, 6.45) is 3.60. The van der Waals surface area contributed by atoms with Crippen molar-refractivity contribution in [3.63, 3.8) is 0 Å². The van der Waals surface area contributed by atoms with Crippen LogP contribution in [0.1, 0.15) is 32.1 Å². The van der Waals surface area contributed by atoms with Gasteiger partial charge in [0.25, 0.3) is 16.5 Å². The highest BCUT2D eigenvalue weighted by molar-refractivity contribution is 7.96. The van der Waals surface area contributed by atoms with Crippen molar-refractivity contribution in [2.75, 3.05) is 11.3 Å². The van der Waals surface area contributed by atoms with Crippen molar-refractivity contribution in [1.82, 2.24) is 0 Å². The van der Waals surface area contributed by atoms with Gasteiger partial charge in [0.2, 0.25) is 0 Å². The van der Waals surface area contributed by atoms with Crippen LogP contribution in [-0.4, -0.2) is 21.5 Å². The summed E-state index contributed by atoms with van der Waals surface area (Å²) < 4.78 is 32.3. The predicted octanol–water partition coefficient (Wildman–Crippen LogP) is 2.82. The molecule has 1 aliphatic rings. The van der Waals surface area contributed by atoms with Crippen molar-refractivity contribution in [1.29, 1.82) is 0 Å². The molecular formula is C15H19NO4S. The molecule has 0 radical (unpaired) electrons. The Labute approximate surface area is 125 Å². The number of hydrogen-bond acceptors (Lipinski definition) is 4. The maximum Gasteiger partial charge on any atom is 0.293 e. The lowest BCUT2D eigenvalue weighted by molar-refractivity contribution is -0.128. The Morgan fingerprint density at radius 2 is 1.86 bits per heavy atom. The van der Waals surface area contributed by atoms with E-state index in [1.807, 2.05) is 6.07 Å². The minimum absolute atomic E-state index is 0.225. The molecule has 5 nitrogen and oxygen atoms in total. The maximum atomic E-state index is 12.5. The topological polar surface area (TPSA) is 72.5 Å². The number of anilines is 1. The Kier molecular flexibility index (Phi) is 5.38. The van der Waals surface area contributed by atoms with Gasteiger partial charge in [-0.05, 0) is 37.8 Å². The number of carbonyl (C=O) groups is 1. The first-order chi connectivity index (χ1) is 10.1.